The molecule has 0 aliphatic rings. The van der Waals surface area contributed by atoms with Gasteiger partial charge in [-0.05, 0) is 20.0 Å². The van der Waals surface area contributed by atoms with Crippen LogP contribution in [0.25, 0.3) is 0 Å². The summed E-state index contributed by atoms with van der Waals surface area (Å²) in [5.74, 6) is 0. The second-order valence-electron chi connectivity index (χ2n) is 3.33. The van der Waals surface area contributed by atoms with Crippen LogP contribution < -0.4 is 5.32 Å². The van der Waals surface area contributed by atoms with Crippen LogP contribution in [-0.2, 0) is 18.2 Å². The van der Waals surface area contributed by atoms with Crippen molar-refractivity contribution in [3.8, 4) is 0 Å². The van der Waals surface area contributed by atoms with Crippen LogP contribution in [-0.4, -0.2) is 36.1 Å². The third kappa shape index (κ3) is 3.47. The molecule has 1 heterocycles. The molecular formula is C10H19N3O. The standard InChI is InChI=1S/C10H19N3O/c1-4-14-8-10(11-2)7-9-5-6-13(3)12-9/h5-6,10-11H,4,7-8H2,1-3H3. The van der Waals surface area contributed by atoms with E-state index in [4.69, 9.17) is 4.74 Å². The monoisotopic (exact) mass is 197 g/mol. The highest BCUT2D eigenvalue weighted by atomic mass is 16.5. The Morgan fingerprint density at radius 1 is 1.64 bits per heavy atom. The zero-order valence-electron chi connectivity index (χ0n) is 9.16. The largest absolute Gasteiger partial charge is 0.380 e. The van der Waals surface area contributed by atoms with Crippen molar-refractivity contribution in [2.24, 2.45) is 7.05 Å². The molecule has 0 amide bonds. The highest BCUT2D eigenvalue weighted by Gasteiger charge is 2.08. The summed E-state index contributed by atoms with van der Waals surface area (Å²) in [5.41, 5.74) is 1.10. The molecule has 0 aromatic carbocycles. The molecule has 0 fully saturated rings. The van der Waals surface area contributed by atoms with Gasteiger partial charge in [0.15, 0.2) is 0 Å². The number of nitrogens with zero attached hydrogens (tertiary/aromatic N) is 2. The Kier molecular flexibility index (Phi) is 4.62. The van der Waals surface area contributed by atoms with Gasteiger partial charge in [0.05, 0.1) is 12.3 Å². The Bertz CT molecular complexity index is 260. The van der Waals surface area contributed by atoms with Crippen LogP contribution in [0.15, 0.2) is 12.3 Å². The molecule has 0 bridgehead atoms. The first-order chi connectivity index (χ1) is 6.76. The van der Waals surface area contributed by atoms with Gasteiger partial charge in [0.2, 0.25) is 0 Å². The first kappa shape index (κ1) is 11.2. The van der Waals surface area contributed by atoms with Crippen LogP contribution in [0.4, 0.5) is 0 Å². The molecule has 1 N–H and O–H groups in total. The third-order valence-electron chi connectivity index (χ3n) is 2.16. The first-order valence-electron chi connectivity index (χ1n) is 4.99. The van der Waals surface area contributed by atoms with Gasteiger partial charge in [-0.2, -0.15) is 5.10 Å². The van der Waals surface area contributed by atoms with E-state index in [0.29, 0.717) is 6.04 Å². The van der Waals surface area contributed by atoms with Gasteiger partial charge in [-0.25, -0.2) is 0 Å². The number of hydrogen-bond donors (Lipinski definition) is 1. The first-order valence-corrected chi connectivity index (χ1v) is 4.99. The van der Waals surface area contributed by atoms with Gasteiger partial charge in [-0.15, -0.1) is 0 Å². The van der Waals surface area contributed by atoms with E-state index >= 15 is 0 Å². The average Bonchev–Trinajstić information content (AvgIpc) is 2.58. The van der Waals surface area contributed by atoms with Crippen LogP contribution in [0.2, 0.25) is 0 Å². The van der Waals surface area contributed by atoms with Crippen molar-refractivity contribution >= 4 is 0 Å². The number of ether oxygens (including phenoxy) is 1. The summed E-state index contributed by atoms with van der Waals surface area (Å²) in [4.78, 5) is 0. The molecule has 0 radical (unpaired) electrons. The highest BCUT2D eigenvalue weighted by molar-refractivity contribution is 5.01. The lowest BCUT2D eigenvalue weighted by atomic mass is 10.2. The maximum Gasteiger partial charge on any atom is 0.0640 e. The molecule has 0 aliphatic carbocycles. The minimum atomic E-state index is 0.352. The normalized spacial score (nSPS) is 13.1. The highest BCUT2D eigenvalue weighted by Crippen LogP contribution is 2.00. The minimum absolute atomic E-state index is 0.352. The fourth-order valence-corrected chi connectivity index (χ4v) is 1.33. The van der Waals surface area contributed by atoms with Crippen LogP contribution in [0.5, 0.6) is 0 Å². The summed E-state index contributed by atoms with van der Waals surface area (Å²) >= 11 is 0. The molecule has 14 heavy (non-hydrogen) atoms. The van der Waals surface area contributed by atoms with Gasteiger partial charge in [-0.1, -0.05) is 0 Å². The van der Waals surface area contributed by atoms with E-state index < -0.39 is 0 Å². The lowest BCUT2D eigenvalue weighted by Gasteiger charge is -2.14. The summed E-state index contributed by atoms with van der Waals surface area (Å²) in [6.45, 7) is 3.51. The quantitative estimate of drug-likeness (QED) is 0.725. The molecule has 80 valence electrons. The van der Waals surface area contributed by atoms with E-state index in [2.05, 4.69) is 10.4 Å². The molecule has 0 saturated carbocycles. The van der Waals surface area contributed by atoms with Crippen molar-refractivity contribution in [1.29, 1.82) is 0 Å². The maximum absolute atomic E-state index is 5.37. The van der Waals surface area contributed by atoms with E-state index in [9.17, 15) is 0 Å². The molecule has 1 aromatic heterocycles. The fourth-order valence-electron chi connectivity index (χ4n) is 1.33. The van der Waals surface area contributed by atoms with Crippen molar-refractivity contribution in [3.63, 3.8) is 0 Å². The summed E-state index contributed by atoms with van der Waals surface area (Å²) in [5, 5.41) is 7.55. The Morgan fingerprint density at radius 3 is 2.93 bits per heavy atom. The predicted octanol–water partition coefficient (Wildman–Crippen LogP) is 0.587. The Morgan fingerprint density at radius 2 is 2.43 bits per heavy atom. The van der Waals surface area contributed by atoms with Crippen molar-refractivity contribution in [1.82, 2.24) is 15.1 Å². The summed E-state index contributed by atoms with van der Waals surface area (Å²) in [6.07, 6.45) is 2.88. The molecule has 0 spiro atoms. The number of rotatable bonds is 6. The molecule has 1 unspecified atom stereocenters. The Labute approximate surface area is 85.3 Å². The number of aryl methyl sites for hydroxylation is 1. The molecular weight excluding hydrogens is 178 g/mol. The minimum Gasteiger partial charge on any atom is -0.380 e. The Balaban J connectivity index is 2.40. The van der Waals surface area contributed by atoms with Crippen molar-refractivity contribution in [3.05, 3.63) is 18.0 Å². The van der Waals surface area contributed by atoms with Crippen molar-refractivity contribution in [2.45, 2.75) is 19.4 Å². The van der Waals surface area contributed by atoms with E-state index in [0.717, 1.165) is 25.3 Å². The van der Waals surface area contributed by atoms with Crippen LogP contribution in [0.1, 0.15) is 12.6 Å². The molecule has 1 aromatic rings. The van der Waals surface area contributed by atoms with Gasteiger partial charge < -0.3 is 10.1 Å². The second kappa shape index (κ2) is 5.78. The van der Waals surface area contributed by atoms with Crippen LogP contribution in [0.3, 0.4) is 0 Å². The average molecular weight is 197 g/mol. The molecule has 4 nitrogen and oxygen atoms in total. The van der Waals surface area contributed by atoms with Gasteiger partial charge in [0, 0.05) is 32.3 Å². The summed E-state index contributed by atoms with van der Waals surface area (Å²) < 4.78 is 7.19. The summed E-state index contributed by atoms with van der Waals surface area (Å²) in [6, 6.07) is 2.39. The lowest BCUT2D eigenvalue weighted by Crippen LogP contribution is -2.32. The Hall–Kier alpha value is -0.870. The third-order valence-corrected chi connectivity index (χ3v) is 2.16. The maximum atomic E-state index is 5.37. The summed E-state index contributed by atoms with van der Waals surface area (Å²) in [7, 11) is 3.88. The number of likely N-dealkylation sites (N-methyl/N-ethyl adjacent to an activating group) is 1. The SMILES string of the molecule is CCOCC(Cc1ccn(C)n1)NC. The smallest absolute Gasteiger partial charge is 0.0640 e. The van der Waals surface area contributed by atoms with Crippen molar-refractivity contribution in [2.75, 3.05) is 20.3 Å². The molecule has 0 aliphatic heterocycles. The van der Waals surface area contributed by atoms with Crippen molar-refractivity contribution < 1.29 is 4.74 Å². The van der Waals surface area contributed by atoms with E-state index in [1.165, 1.54) is 0 Å². The van der Waals surface area contributed by atoms with Gasteiger partial charge in [0.1, 0.15) is 0 Å². The van der Waals surface area contributed by atoms with Gasteiger partial charge in [-0.3, -0.25) is 4.68 Å². The van der Waals surface area contributed by atoms with Crippen LogP contribution >= 0.6 is 0 Å². The van der Waals surface area contributed by atoms with E-state index in [1.54, 1.807) is 0 Å². The molecule has 4 heteroatoms. The predicted molar refractivity (Wildman–Crippen MR) is 56.3 cm³/mol. The van der Waals surface area contributed by atoms with Crippen LogP contribution in [0, 0.1) is 0 Å². The van der Waals surface area contributed by atoms with Gasteiger partial charge >= 0.3 is 0 Å². The molecule has 1 atom stereocenters. The number of nitrogens with one attached hydrogen (secondary N) is 1. The lowest BCUT2D eigenvalue weighted by molar-refractivity contribution is 0.124. The fraction of sp³-hybridized carbons (Fsp3) is 0.700. The van der Waals surface area contributed by atoms with E-state index in [-0.39, 0.29) is 0 Å². The topological polar surface area (TPSA) is 39.1 Å². The van der Waals surface area contributed by atoms with E-state index in [1.807, 2.05) is 38.0 Å². The number of hydrogen-bond acceptors (Lipinski definition) is 3. The second-order valence-corrected chi connectivity index (χ2v) is 3.33. The molecule has 0 saturated heterocycles. The zero-order chi connectivity index (χ0) is 10.4. The zero-order valence-corrected chi connectivity index (χ0v) is 9.16. The molecule has 1 rings (SSSR count). The number of aromatic nitrogens is 2. The van der Waals surface area contributed by atoms with Gasteiger partial charge in [0.25, 0.3) is 0 Å².